The number of benzene rings is 2. The number of carbonyl (C=O) groups is 1. The van der Waals surface area contributed by atoms with Gasteiger partial charge in [-0.25, -0.2) is 0 Å². The van der Waals surface area contributed by atoms with Crippen LogP contribution in [0.2, 0.25) is 0 Å². The molecule has 1 amide bonds. The number of fused-ring (bicyclic) bond motifs is 3. The zero-order valence-corrected chi connectivity index (χ0v) is 16.3. The molecule has 0 saturated carbocycles. The summed E-state index contributed by atoms with van der Waals surface area (Å²) in [4.78, 5) is 23.9. The Labute approximate surface area is 165 Å². The average molecular weight is 372 g/mol. The second-order valence-electron chi connectivity index (χ2n) is 7.81. The zero-order chi connectivity index (χ0) is 19.3. The molecule has 28 heavy (non-hydrogen) atoms. The molecule has 2 aliphatic rings. The van der Waals surface area contributed by atoms with Crippen molar-refractivity contribution in [3.63, 3.8) is 0 Å². The van der Waals surface area contributed by atoms with Gasteiger partial charge in [0, 0.05) is 55.2 Å². The zero-order valence-electron chi connectivity index (χ0n) is 16.3. The van der Waals surface area contributed by atoms with Crippen LogP contribution in [0.3, 0.4) is 0 Å². The van der Waals surface area contributed by atoms with Crippen molar-refractivity contribution >= 4 is 33.9 Å². The fraction of sp³-hybridized carbons (Fsp3) is 0.304. The van der Waals surface area contributed by atoms with E-state index in [-0.39, 0.29) is 5.91 Å². The standard InChI is InChI=1S/C23H24N4O/c1-16(2)25-10-12-26(13-11-25)18-8-9-21-19(14-18)22-20(15-24-21)23(28)27(22)17-6-4-3-5-7-17/h3-9,14-16H,10-13H2,1-2H3. The SMILES string of the molecule is CC(C)N1CCN(c2ccc3ncc4c(c3c2)N(c2ccccc2)C4=O)CC1. The lowest BCUT2D eigenvalue weighted by molar-refractivity contribution is 0.0981. The molecule has 3 aromatic rings. The second kappa shape index (κ2) is 6.60. The maximum atomic E-state index is 12.7. The number of para-hydroxylation sites is 1. The summed E-state index contributed by atoms with van der Waals surface area (Å²) < 4.78 is 0. The minimum Gasteiger partial charge on any atom is -0.369 e. The van der Waals surface area contributed by atoms with Gasteiger partial charge >= 0.3 is 0 Å². The van der Waals surface area contributed by atoms with Gasteiger partial charge < -0.3 is 4.90 Å². The van der Waals surface area contributed by atoms with Crippen molar-refractivity contribution in [2.75, 3.05) is 36.0 Å². The first-order chi connectivity index (χ1) is 13.6. The van der Waals surface area contributed by atoms with Gasteiger partial charge in [0.05, 0.1) is 16.8 Å². The molecule has 1 aromatic heterocycles. The molecule has 2 aliphatic heterocycles. The van der Waals surface area contributed by atoms with Gasteiger partial charge in [-0.15, -0.1) is 0 Å². The molecule has 5 heteroatoms. The third-order valence-corrected chi connectivity index (χ3v) is 5.90. The Balaban J connectivity index is 1.52. The fourth-order valence-corrected chi connectivity index (χ4v) is 4.25. The lowest BCUT2D eigenvalue weighted by Gasteiger charge is -2.38. The predicted molar refractivity (Wildman–Crippen MR) is 114 cm³/mol. The third kappa shape index (κ3) is 2.66. The largest absolute Gasteiger partial charge is 0.369 e. The fourth-order valence-electron chi connectivity index (χ4n) is 4.25. The van der Waals surface area contributed by atoms with Gasteiger partial charge in [-0.05, 0) is 44.2 Å². The number of hydrogen-bond acceptors (Lipinski definition) is 4. The van der Waals surface area contributed by atoms with Crippen molar-refractivity contribution in [3.05, 3.63) is 60.3 Å². The molecule has 0 N–H and O–H groups in total. The minimum atomic E-state index is 0.0200. The van der Waals surface area contributed by atoms with Gasteiger partial charge in [-0.2, -0.15) is 0 Å². The molecule has 0 radical (unpaired) electrons. The molecule has 5 nitrogen and oxygen atoms in total. The second-order valence-corrected chi connectivity index (χ2v) is 7.81. The van der Waals surface area contributed by atoms with Crippen LogP contribution in [0.25, 0.3) is 10.9 Å². The number of aromatic nitrogens is 1. The molecule has 0 atom stereocenters. The Hall–Kier alpha value is -2.92. The van der Waals surface area contributed by atoms with Gasteiger partial charge in [0.1, 0.15) is 0 Å². The molecule has 0 aliphatic carbocycles. The Bertz CT molecular complexity index is 1040. The summed E-state index contributed by atoms with van der Waals surface area (Å²) in [6, 6.07) is 16.9. The maximum absolute atomic E-state index is 12.7. The van der Waals surface area contributed by atoms with Gasteiger partial charge in [0.2, 0.25) is 0 Å². The average Bonchev–Trinajstić information content (AvgIpc) is 2.73. The molecule has 1 fully saturated rings. The summed E-state index contributed by atoms with van der Waals surface area (Å²) >= 11 is 0. The number of anilines is 3. The summed E-state index contributed by atoms with van der Waals surface area (Å²) in [5, 5.41) is 1.05. The van der Waals surface area contributed by atoms with Gasteiger partial charge in [0.25, 0.3) is 5.91 Å². The first kappa shape index (κ1) is 17.2. The van der Waals surface area contributed by atoms with Crippen molar-refractivity contribution in [1.82, 2.24) is 9.88 Å². The van der Waals surface area contributed by atoms with Crippen molar-refractivity contribution < 1.29 is 4.79 Å². The van der Waals surface area contributed by atoms with Crippen LogP contribution in [0.4, 0.5) is 17.1 Å². The van der Waals surface area contributed by atoms with E-state index in [1.165, 1.54) is 5.69 Å². The number of carbonyl (C=O) groups excluding carboxylic acids is 1. The highest BCUT2D eigenvalue weighted by atomic mass is 16.2. The van der Waals surface area contributed by atoms with Crippen LogP contribution in [0.15, 0.2) is 54.7 Å². The molecule has 142 valence electrons. The highest BCUT2D eigenvalue weighted by molar-refractivity contribution is 6.28. The summed E-state index contributed by atoms with van der Waals surface area (Å²) in [5.41, 5.74) is 4.72. The van der Waals surface area contributed by atoms with E-state index in [1.807, 2.05) is 30.3 Å². The summed E-state index contributed by atoms with van der Waals surface area (Å²) in [5.74, 6) is 0.0200. The van der Waals surface area contributed by atoms with E-state index in [1.54, 1.807) is 11.1 Å². The van der Waals surface area contributed by atoms with Gasteiger partial charge in [-0.1, -0.05) is 18.2 Å². The monoisotopic (exact) mass is 372 g/mol. The maximum Gasteiger partial charge on any atom is 0.266 e. The highest BCUT2D eigenvalue weighted by Crippen LogP contribution is 2.44. The van der Waals surface area contributed by atoms with Crippen molar-refractivity contribution in [3.8, 4) is 0 Å². The highest BCUT2D eigenvalue weighted by Gasteiger charge is 2.36. The molecule has 1 saturated heterocycles. The first-order valence-corrected chi connectivity index (χ1v) is 9.95. The van der Waals surface area contributed by atoms with E-state index < -0.39 is 0 Å². The summed E-state index contributed by atoms with van der Waals surface area (Å²) in [7, 11) is 0. The Morgan fingerprint density at radius 2 is 1.68 bits per heavy atom. The van der Waals surface area contributed by atoms with Gasteiger partial charge in [0.15, 0.2) is 0 Å². The Morgan fingerprint density at radius 3 is 2.39 bits per heavy atom. The van der Waals surface area contributed by atoms with Crippen molar-refractivity contribution in [2.45, 2.75) is 19.9 Å². The van der Waals surface area contributed by atoms with Crippen LogP contribution < -0.4 is 9.80 Å². The Morgan fingerprint density at radius 1 is 0.929 bits per heavy atom. The molecular formula is C23H24N4O. The lowest BCUT2D eigenvalue weighted by Crippen LogP contribution is -2.48. The van der Waals surface area contributed by atoms with E-state index in [4.69, 9.17) is 0 Å². The van der Waals surface area contributed by atoms with E-state index in [2.05, 4.69) is 46.8 Å². The molecule has 3 heterocycles. The normalized spacial score (nSPS) is 17.2. The van der Waals surface area contributed by atoms with Crippen LogP contribution in [0.5, 0.6) is 0 Å². The molecule has 2 aromatic carbocycles. The van der Waals surface area contributed by atoms with Crippen LogP contribution in [0.1, 0.15) is 24.2 Å². The third-order valence-electron chi connectivity index (χ3n) is 5.90. The number of rotatable bonds is 3. The topological polar surface area (TPSA) is 39.7 Å². The van der Waals surface area contributed by atoms with Crippen LogP contribution in [0, 0.1) is 0 Å². The Kier molecular flexibility index (Phi) is 4.05. The molecule has 0 spiro atoms. The number of nitrogens with zero attached hydrogens (tertiary/aromatic N) is 4. The smallest absolute Gasteiger partial charge is 0.266 e. The number of piperazine rings is 1. The van der Waals surface area contributed by atoms with Gasteiger partial charge in [-0.3, -0.25) is 19.6 Å². The quantitative estimate of drug-likeness (QED) is 0.695. The summed E-state index contributed by atoms with van der Waals surface area (Å²) in [6.45, 7) is 8.71. The van der Waals surface area contributed by atoms with E-state index >= 15 is 0 Å². The molecule has 0 bridgehead atoms. The first-order valence-electron chi connectivity index (χ1n) is 9.95. The van der Waals surface area contributed by atoms with Crippen LogP contribution in [-0.2, 0) is 0 Å². The number of pyridine rings is 1. The number of hydrogen-bond donors (Lipinski definition) is 0. The van der Waals surface area contributed by atoms with Crippen molar-refractivity contribution in [1.29, 1.82) is 0 Å². The van der Waals surface area contributed by atoms with E-state index in [0.29, 0.717) is 11.6 Å². The molecule has 5 rings (SSSR count). The molecular weight excluding hydrogens is 348 g/mol. The van der Waals surface area contributed by atoms with E-state index in [9.17, 15) is 4.79 Å². The summed E-state index contributed by atoms with van der Waals surface area (Å²) in [6.07, 6.45) is 1.71. The predicted octanol–water partition coefficient (Wildman–Crippen LogP) is 4.06. The van der Waals surface area contributed by atoms with E-state index in [0.717, 1.165) is 48.5 Å². The van der Waals surface area contributed by atoms with Crippen molar-refractivity contribution in [2.24, 2.45) is 0 Å². The number of amides is 1. The molecule has 0 unspecified atom stereocenters. The van der Waals surface area contributed by atoms with Crippen LogP contribution in [-0.4, -0.2) is 48.0 Å². The minimum absolute atomic E-state index is 0.0200. The van der Waals surface area contributed by atoms with Crippen LogP contribution >= 0.6 is 0 Å². The lowest BCUT2D eigenvalue weighted by atomic mass is 9.98.